The maximum absolute atomic E-state index is 12.5. The minimum Gasteiger partial charge on any atom is -0.326 e. The van der Waals surface area contributed by atoms with E-state index in [2.05, 4.69) is 50.4 Å². The average Bonchev–Trinajstić information content (AvgIpc) is 2.96. The van der Waals surface area contributed by atoms with Crippen LogP contribution in [0.15, 0.2) is 48.5 Å². The van der Waals surface area contributed by atoms with Gasteiger partial charge in [0.15, 0.2) is 0 Å². The van der Waals surface area contributed by atoms with E-state index < -0.39 is 0 Å². The molecule has 26 heavy (non-hydrogen) atoms. The van der Waals surface area contributed by atoms with Crippen LogP contribution < -0.4 is 10.2 Å². The Morgan fingerprint density at radius 2 is 1.69 bits per heavy atom. The van der Waals surface area contributed by atoms with E-state index in [9.17, 15) is 9.59 Å². The Bertz CT molecular complexity index is 807. The summed E-state index contributed by atoms with van der Waals surface area (Å²) in [6.45, 7) is 8.06. The summed E-state index contributed by atoms with van der Waals surface area (Å²) in [6, 6.07) is 16.0. The number of carbonyl (C=O) groups is 2. The summed E-state index contributed by atoms with van der Waals surface area (Å²) in [5, 5.41) is 2.72. The van der Waals surface area contributed by atoms with Crippen molar-refractivity contribution in [2.75, 3.05) is 16.0 Å². The highest BCUT2D eigenvalue weighted by molar-refractivity contribution is 8.00. The van der Waals surface area contributed by atoms with Gasteiger partial charge in [-0.1, -0.05) is 45.0 Å². The summed E-state index contributed by atoms with van der Waals surface area (Å²) in [5.41, 5.74) is 4.09. The van der Waals surface area contributed by atoms with Crippen LogP contribution in [0.2, 0.25) is 0 Å². The smallest absolute Gasteiger partial charge is 0.238 e. The number of thioether (sulfide) groups is 1. The van der Waals surface area contributed by atoms with Crippen molar-refractivity contribution in [2.24, 2.45) is 0 Å². The number of nitrogens with one attached hydrogen (secondary N) is 1. The normalized spacial score (nSPS) is 17.5. The lowest BCUT2D eigenvalue weighted by atomic mass is 9.86. The van der Waals surface area contributed by atoms with Crippen LogP contribution in [-0.4, -0.2) is 17.6 Å². The standard InChI is InChI=1S/C21H24N2O2S/c1-14(24)22-17-9-11-18(12-10-17)23-19(25)13-26-20(23)15-5-7-16(8-6-15)21(2,3)4/h5-12,20H,13H2,1-4H3,(H,22,24). The van der Waals surface area contributed by atoms with E-state index in [1.807, 2.05) is 29.2 Å². The molecule has 1 aliphatic rings. The molecule has 2 amide bonds. The highest BCUT2D eigenvalue weighted by atomic mass is 32.2. The molecule has 1 N–H and O–H groups in total. The van der Waals surface area contributed by atoms with Crippen molar-refractivity contribution in [1.82, 2.24) is 0 Å². The van der Waals surface area contributed by atoms with Gasteiger partial charge in [0.05, 0.1) is 5.75 Å². The zero-order chi connectivity index (χ0) is 18.9. The van der Waals surface area contributed by atoms with Crippen molar-refractivity contribution in [1.29, 1.82) is 0 Å². The number of amides is 2. The van der Waals surface area contributed by atoms with Gasteiger partial charge >= 0.3 is 0 Å². The molecule has 1 saturated heterocycles. The summed E-state index contributed by atoms with van der Waals surface area (Å²) in [6.07, 6.45) is 0. The Kier molecular flexibility index (Phi) is 5.10. The molecule has 0 aromatic heterocycles. The van der Waals surface area contributed by atoms with Gasteiger partial charge in [0.2, 0.25) is 11.8 Å². The van der Waals surface area contributed by atoms with Crippen molar-refractivity contribution in [3.05, 3.63) is 59.7 Å². The SMILES string of the molecule is CC(=O)Nc1ccc(N2C(=O)CSC2c2ccc(C(C)(C)C)cc2)cc1. The zero-order valence-electron chi connectivity index (χ0n) is 15.6. The van der Waals surface area contributed by atoms with Crippen LogP contribution in [0.5, 0.6) is 0 Å². The molecular weight excluding hydrogens is 344 g/mol. The predicted molar refractivity (Wildman–Crippen MR) is 109 cm³/mol. The van der Waals surface area contributed by atoms with Crippen LogP contribution >= 0.6 is 11.8 Å². The van der Waals surface area contributed by atoms with Crippen molar-refractivity contribution in [2.45, 2.75) is 38.5 Å². The molecule has 1 aliphatic heterocycles. The van der Waals surface area contributed by atoms with Crippen molar-refractivity contribution < 1.29 is 9.59 Å². The maximum atomic E-state index is 12.5. The highest BCUT2D eigenvalue weighted by Gasteiger charge is 2.34. The molecule has 5 heteroatoms. The first-order valence-corrected chi connectivity index (χ1v) is 9.72. The molecule has 0 radical (unpaired) electrons. The second kappa shape index (κ2) is 7.16. The summed E-state index contributed by atoms with van der Waals surface area (Å²) in [5.74, 6) is 0.466. The van der Waals surface area contributed by atoms with Gasteiger partial charge in [0.1, 0.15) is 5.37 Å². The van der Waals surface area contributed by atoms with Gasteiger partial charge in [-0.15, -0.1) is 11.8 Å². The zero-order valence-corrected chi connectivity index (χ0v) is 16.4. The lowest BCUT2D eigenvalue weighted by molar-refractivity contribution is -0.116. The van der Waals surface area contributed by atoms with Crippen LogP contribution in [0, 0.1) is 0 Å². The van der Waals surface area contributed by atoms with Gasteiger partial charge in [-0.3, -0.25) is 14.5 Å². The van der Waals surface area contributed by atoms with E-state index >= 15 is 0 Å². The minimum atomic E-state index is -0.109. The van der Waals surface area contributed by atoms with Gasteiger partial charge in [-0.2, -0.15) is 0 Å². The molecule has 1 atom stereocenters. The van der Waals surface area contributed by atoms with Gasteiger partial charge in [0.25, 0.3) is 0 Å². The second-order valence-electron chi connectivity index (χ2n) is 7.53. The Hall–Kier alpha value is -2.27. The monoisotopic (exact) mass is 368 g/mol. The second-order valence-corrected chi connectivity index (χ2v) is 8.60. The molecule has 1 unspecified atom stereocenters. The molecule has 2 aromatic rings. The van der Waals surface area contributed by atoms with Crippen LogP contribution in [0.4, 0.5) is 11.4 Å². The van der Waals surface area contributed by atoms with E-state index in [0.717, 1.165) is 16.9 Å². The average molecular weight is 369 g/mol. The number of carbonyl (C=O) groups excluding carboxylic acids is 2. The van der Waals surface area contributed by atoms with Crippen LogP contribution in [0.25, 0.3) is 0 Å². The molecule has 1 heterocycles. The molecule has 0 spiro atoms. The van der Waals surface area contributed by atoms with Crippen LogP contribution in [-0.2, 0) is 15.0 Å². The number of anilines is 2. The van der Waals surface area contributed by atoms with E-state index in [4.69, 9.17) is 0 Å². The fraction of sp³-hybridized carbons (Fsp3) is 0.333. The molecule has 0 bridgehead atoms. The Labute approximate surface area is 159 Å². The highest BCUT2D eigenvalue weighted by Crippen LogP contribution is 2.42. The summed E-state index contributed by atoms with van der Waals surface area (Å²) < 4.78 is 0. The number of hydrogen-bond acceptors (Lipinski definition) is 3. The predicted octanol–water partition coefficient (Wildman–Crippen LogP) is 4.72. The van der Waals surface area contributed by atoms with E-state index in [1.165, 1.54) is 12.5 Å². The molecule has 0 saturated carbocycles. The van der Waals surface area contributed by atoms with E-state index in [-0.39, 0.29) is 22.6 Å². The van der Waals surface area contributed by atoms with Gasteiger partial charge in [-0.05, 0) is 40.8 Å². The van der Waals surface area contributed by atoms with Crippen molar-refractivity contribution >= 4 is 35.0 Å². The first-order valence-electron chi connectivity index (χ1n) is 8.67. The first kappa shape index (κ1) is 18.5. The fourth-order valence-electron chi connectivity index (χ4n) is 3.01. The molecular formula is C21H24N2O2S. The Morgan fingerprint density at radius 1 is 1.08 bits per heavy atom. The molecule has 3 rings (SSSR count). The lowest BCUT2D eigenvalue weighted by Gasteiger charge is -2.26. The molecule has 136 valence electrons. The van der Waals surface area contributed by atoms with E-state index in [0.29, 0.717) is 5.75 Å². The Balaban J connectivity index is 1.86. The third kappa shape index (κ3) is 3.93. The summed E-state index contributed by atoms with van der Waals surface area (Å²) >= 11 is 1.64. The third-order valence-electron chi connectivity index (χ3n) is 4.40. The maximum Gasteiger partial charge on any atom is 0.238 e. The number of hydrogen-bond donors (Lipinski definition) is 1. The van der Waals surface area contributed by atoms with Crippen molar-refractivity contribution in [3.8, 4) is 0 Å². The largest absolute Gasteiger partial charge is 0.326 e. The van der Waals surface area contributed by atoms with Crippen LogP contribution in [0.1, 0.15) is 44.2 Å². The Morgan fingerprint density at radius 3 is 2.23 bits per heavy atom. The minimum absolute atomic E-state index is 0.0249. The molecule has 4 nitrogen and oxygen atoms in total. The lowest BCUT2D eigenvalue weighted by Crippen LogP contribution is -2.27. The molecule has 2 aromatic carbocycles. The topological polar surface area (TPSA) is 49.4 Å². The van der Waals surface area contributed by atoms with Gasteiger partial charge < -0.3 is 5.32 Å². The van der Waals surface area contributed by atoms with Crippen molar-refractivity contribution in [3.63, 3.8) is 0 Å². The van der Waals surface area contributed by atoms with E-state index in [1.54, 1.807) is 11.8 Å². The molecule has 0 aliphatic carbocycles. The summed E-state index contributed by atoms with van der Waals surface area (Å²) in [4.78, 5) is 25.5. The van der Waals surface area contributed by atoms with Gasteiger partial charge in [-0.25, -0.2) is 0 Å². The summed E-state index contributed by atoms with van der Waals surface area (Å²) in [7, 11) is 0. The number of benzene rings is 2. The number of rotatable bonds is 3. The third-order valence-corrected chi connectivity index (χ3v) is 5.61. The quantitative estimate of drug-likeness (QED) is 0.853. The number of nitrogens with zero attached hydrogens (tertiary/aromatic N) is 1. The van der Waals surface area contributed by atoms with Gasteiger partial charge in [0, 0.05) is 18.3 Å². The fourth-order valence-corrected chi connectivity index (χ4v) is 4.18. The first-order chi connectivity index (χ1) is 12.3. The van der Waals surface area contributed by atoms with Crippen LogP contribution in [0.3, 0.4) is 0 Å². The molecule has 1 fully saturated rings.